The van der Waals surface area contributed by atoms with Gasteiger partial charge in [-0.3, -0.25) is 0 Å². The van der Waals surface area contributed by atoms with Crippen LogP contribution in [0.4, 0.5) is 0 Å². The molecule has 0 aliphatic heterocycles. The molecule has 0 spiro atoms. The van der Waals surface area contributed by atoms with Crippen LogP contribution in [0.1, 0.15) is 31.0 Å². The molecule has 2 aromatic carbocycles. The summed E-state index contributed by atoms with van der Waals surface area (Å²) in [4.78, 5) is 0. The van der Waals surface area contributed by atoms with Crippen molar-refractivity contribution in [1.29, 1.82) is 0 Å². The lowest BCUT2D eigenvalue weighted by Crippen LogP contribution is -2.13. The van der Waals surface area contributed by atoms with Crippen molar-refractivity contribution in [3.8, 4) is 5.75 Å². The van der Waals surface area contributed by atoms with Crippen molar-refractivity contribution < 1.29 is 4.74 Å². The zero-order valence-corrected chi connectivity index (χ0v) is 13.5. The summed E-state index contributed by atoms with van der Waals surface area (Å²) in [6, 6.07) is 18.7. The van der Waals surface area contributed by atoms with Gasteiger partial charge in [-0.15, -0.1) is 0 Å². The molecule has 2 N–H and O–H groups in total. The first-order valence-electron chi connectivity index (χ1n) is 7.29. The molecular formula is C18H23NOS. The maximum absolute atomic E-state index is 6.25. The molecule has 0 radical (unpaired) electrons. The van der Waals surface area contributed by atoms with Crippen LogP contribution in [0.15, 0.2) is 54.6 Å². The maximum atomic E-state index is 6.25. The first-order valence-corrected chi connectivity index (χ1v) is 8.44. The van der Waals surface area contributed by atoms with E-state index in [0.717, 1.165) is 22.8 Å². The average Bonchev–Trinajstić information content (AvgIpc) is 2.48. The predicted molar refractivity (Wildman–Crippen MR) is 91.7 cm³/mol. The molecule has 1 unspecified atom stereocenters. The third kappa shape index (κ3) is 5.44. The van der Waals surface area contributed by atoms with E-state index in [1.54, 1.807) is 0 Å². The first kappa shape index (κ1) is 15.9. The second-order valence-corrected chi connectivity index (χ2v) is 6.37. The molecular weight excluding hydrogens is 278 g/mol. The van der Waals surface area contributed by atoms with E-state index in [-0.39, 0.29) is 12.1 Å². The fourth-order valence-electron chi connectivity index (χ4n) is 2.04. The summed E-state index contributed by atoms with van der Waals surface area (Å²) >= 11 is 1.87. The van der Waals surface area contributed by atoms with Crippen LogP contribution in [-0.2, 0) is 5.75 Å². The zero-order chi connectivity index (χ0) is 15.1. The summed E-state index contributed by atoms with van der Waals surface area (Å²) in [5.41, 5.74) is 8.75. The lowest BCUT2D eigenvalue weighted by molar-refractivity contribution is 0.242. The van der Waals surface area contributed by atoms with Gasteiger partial charge < -0.3 is 10.5 Å². The van der Waals surface area contributed by atoms with E-state index in [2.05, 4.69) is 36.4 Å². The number of nitrogens with two attached hydrogens (primary N) is 1. The number of ether oxygens (including phenoxy) is 1. The fourth-order valence-corrected chi connectivity index (χ4v) is 3.03. The Kier molecular flexibility index (Phi) is 6.15. The lowest BCUT2D eigenvalue weighted by atomic mass is 10.1. The van der Waals surface area contributed by atoms with Crippen LogP contribution >= 0.6 is 11.8 Å². The minimum absolute atomic E-state index is 0.0619. The number of hydrogen-bond donors (Lipinski definition) is 1. The number of benzene rings is 2. The summed E-state index contributed by atoms with van der Waals surface area (Å²) in [6.07, 6.45) is 0.200. The minimum atomic E-state index is 0.0619. The highest BCUT2D eigenvalue weighted by atomic mass is 32.2. The highest BCUT2D eigenvalue weighted by Gasteiger charge is 2.07. The molecule has 0 aliphatic carbocycles. The van der Waals surface area contributed by atoms with Crippen molar-refractivity contribution in [3.05, 3.63) is 65.7 Å². The summed E-state index contributed by atoms with van der Waals surface area (Å²) < 4.78 is 5.64. The molecule has 21 heavy (non-hydrogen) atoms. The standard InChI is InChI=1S/C18H23NOS/c1-14(2)20-17-10-8-16(9-11-17)18(19)13-21-12-15-6-4-3-5-7-15/h3-11,14,18H,12-13,19H2,1-2H3. The average molecular weight is 301 g/mol. The largest absolute Gasteiger partial charge is 0.491 e. The SMILES string of the molecule is CC(C)Oc1ccc(C(N)CSCc2ccccc2)cc1. The van der Waals surface area contributed by atoms with Gasteiger partial charge in [0.25, 0.3) is 0 Å². The van der Waals surface area contributed by atoms with Crippen LogP contribution in [0, 0.1) is 0 Å². The van der Waals surface area contributed by atoms with Gasteiger partial charge in [-0.05, 0) is 37.1 Å². The molecule has 2 rings (SSSR count). The fraction of sp³-hybridized carbons (Fsp3) is 0.333. The molecule has 0 aromatic heterocycles. The predicted octanol–water partition coefficient (Wildman–Crippen LogP) is 4.41. The highest BCUT2D eigenvalue weighted by molar-refractivity contribution is 7.98. The molecule has 0 bridgehead atoms. The van der Waals surface area contributed by atoms with Crippen molar-refractivity contribution >= 4 is 11.8 Å². The van der Waals surface area contributed by atoms with E-state index in [9.17, 15) is 0 Å². The second kappa shape index (κ2) is 8.11. The van der Waals surface area contributed by atoms with Gasteiger partial charge in [0.1, 0.15) is 5.75 Å². The van der Waals surface area contributed by atoms with Crippen molar-refractivity contribution in [2.75, 3.05) is 5.75 Å². The van der Waals surface area contributed by atoms with Gasteiger partial charge in [0, 0.05) is 17.5 Å². The normalized spacial score (nSPS) is 12.4. The van der Waals surface area contributed by atoms with E-state index >= 15 is 0 Å². The van der Waals surface area contributed by atoms with Crippen molar-refractivity contribution in [2.24, 2.45) is 5.73 Å². The quantitative estimate of drug-likeness (QED) is 0.823. The topological polar surface area (TPSA) is 35.2 Å². The Morgan fingerprint density at radius 2 is 1.67 bits per heavy atom. The Labute approximate surface area is 131 Å². The number of hydrogen-bond acceptors (Lipinski definition) is 3. The Bertz CT molecular complexity index is 525. The summed E-state index contributed by atoms with van der Waals surface area (Å²) in [5, 5.41) is 0. The molecule has 1 atom stereocenters. The van der Waals surface area contributed by atoms with E-state index < -0.39 is 0 Å². The third-order valence-electron chi connectivity index (χ3n) is 3.09. The van der Waals surface area contributed by atoms with Gasteiger partial charge in [-0.2, -0.15) is 11.8 Å². The summed E-state index contributed by atoms with van der Waals surface area (Å²) in [7, 11) is 0. The second-order valence-electron chi connectivity index (χ2n) is 5.34. The van der Waals surface area contributed by atoms with Crippen LogP contribution in [0.5, 0.6) is 5.75 Å². The van der Waals surface area contributed by atoms with Crippen LogP contribution in [0.2, 0.25) is 0 Å². The van der Waals surface area contributed by atoms with Gasteiger partial charge in [0.05, 0.1) is 6.10 Å². The van der Waals surface area contributed by atoms with Gasteiger partial charge in [0.15, 0.2) is 0 Å². The molecule has 0 heterocycles. The van der Waals surface area contributed by atoms with Crippen molar-refractivity contribution in [3.63, 3.8) is 0 Å². The van der Waals surface area contributed by atoms with Gasteiger partial charge >= 0.3 is 0 Å². The molecule has 2 aromatic rings. The van der Waals surface area contributed by atoms with E-state index in [0.29, 0.717) is 0 Å². The van der Waals surface area contributed by atoms with Crippen molar-refractivity contribution in [2.45, 2.75) is 31.7 Å². The lowest BCUT2D eigenvalue weighted by Gasteiger charge is -2.14. The minimum Gasteiger partial charge on any atom is -0.491 e. The summed E-state index contributed by atoms with van der Waals surface area (Å²) in [6.45, 7) is 4.06. The highest BCUT2D eigenvalue weighted by Crippen LogP contribution is 2.22. The van der Waals surface area contributed by atoms with Gasteiger partial charge in [-0.25, -0.2) is 0 Å². The van der Waals surface area contributed by atoms with Crippen molar-refractivity contribution in [1.82, 2.24) is 0 Å². The van der Waals surface area contributed by atoms with Crippen LogP contribution in [-0.4, -0.2) is 11.9 Å². The monoisotopic (exact) mass is 301 g/mol. The smallest absolute Gasteiger partial charge is 0.119 e. The Morgan fingerprint density at radius 3 is 2.29 bits per heavy atom. The molecule has 0 amide bonds. The number of thioether (sulfide) groups is 1. The van der Waals surface area contributed by atoms with E-state index in [1.807, 2.05) is 43.8 Å². The Hall–Kier alpha value is -1.45. The van der Waals surface area contributed by atoms with Crippen LogP contribution in [0.25, 0.3) is 0 Å². The Balaban J connectivity index is 1.81. The Morgan fingerprint density at radius 1 is 1.00 bits per heavy atom. The molecule has 3 heteroatoms. The molecule has 112 valence electrons. The molecule has 0 saturated carbocycles. The van der Waals surface area contributed by atoms with Gasteiger partial charge in [0.2, 0.25) is 0 Å². The number of rotatable bonds is 7. The molecule has 0 aliphatic rings. The maximum Gasteiger partial charge on any atom is 0.119 e. The van der Waals surface area contributed by atoms with Crippen LogP contribution in [0.3, 0.4) is 0 Å². The molecule has 2 nitrogen and oxygen atoms in total. The zero-order valence-electron chi connectivity index (χ0n) is 12.7. The van der Waals surface area contributed by atoms with Gasteiger partial charge in [-0.1, -0.05) is 42.5 Å². The summed E-state index contributed by atoms with van der Waals surface area (Å²) in [5.74, 6) is 2.82. The molecule has 0 saturated heterocycles. The first-order chi connectivity index (χ1) is 10.1. The van der Waals surface area contributed by atoms with E-state index in [4.69, 9.17) is 10.5 Å². The third-order valence-corrected chi connectivity index (χ3v) is 4.22. The van der Waals surface area contributed by atoms with E-state index in [1.165, 1.54) is 5.56 Å². The van der Waals surface area contributed by atoms with Crippen LogP contribution < -0.4 is 10.5 Å². The molecule has 0 fully saturated rings.